The molecule has 2 rings (SSSR count). The molecule has 2 aliphatic carbocycles. The Bertz CT molecular complexity index is 186. The zero-order valence-electron chi connectivity index (χ0n) is 8.41. The van der Waals surface area contributed by atoms with Crippen LogP contribution in [0.2, 0.25) is 0 Å². The van der Waals surface area contributed by atoms with Crippen LogP contribution in [0.3, 0.4) is 0 Å². The van der Waals surface area contributed by atoms with E-state index in [0.29, 0.717) is 0 Å². The molecule has 0 aromatic carbocycles. The molecule has 3 unspecified atom stereocenters. The van der Waals surface area contributed by atoms with Crippen molar-refractivity contribution in [3.05, 3.63) is 12.2 Å². The van der Waals surface area contributed by atoms with Crippen LogP contribution in [-0.4, -0.2) is 6.54 Å². The van der Waals surface area contributed by atoms with Gasteiger partial charge in [0.1, 0.15) is 0 Å². The maximum absolute atomic E-state index is 5.43. The van der Waals surface area contributed by atoms with Gasteiger partial charge in [0.2, 0.25) is 0 Å². The van der Waals surface area contributed by atoms with Crippen LogP contribution in [-0.2, 0) is 0 Å². The van der Waals surface area contributed by atoms with Crippen LogP contribution in [0.15, 0.2) is 12.2 Å². The molecule has 2 bridgehead atoms. The molecule has 2 saturated carbocycles. The lowest BCUT2D eigenvalue weighted by Gasteiger charge is -2.19. The van der Waals surface area contributed by atoms with E-state index in [4.69, 9.17) is 5.73 Å². The highest BCUT2D eigenvalue weighted by Crippen LogP contribution is 2.49. The highest BCUT2D eigenvalue weighted by atomic mass is 14.5. The van der Waals surface area contributed by atoms with Gasteiger partial charge in [-0.15, -0.1) is 0 Å². The fourth-order valence-electron chi connectivity index (χ4n) is 3.15. The number of fused-ring (bicyclic) bond motifs is 2. The molecule has 0 aromatic heterocycles. The van der Waals surface area contributed by atoms with Gasteiger partial charge >= 0.3 is 0 Å². The third-order valence-electron chi connectivity index (χ3n) is 3.82. The minimum Gasteiger partial charge on any atom is -0.330 e. The fourth-order valence-corrected chi connectivity index (χ4v) is 3.15. The van der Waals surface area contributed by atoms with Crippen LogP contribution in [0.4, 0.5) is 0 Å². The lowest BCUT2D eigenvalue weighted by atomic mass is 9.86. The van der Waals surface area contributed by atoms with E-state index in [-0.39, 0.29) is 0 Å². The Morgan fingerprint density at radius 2 is 2.08 bits per heavy atom. The molecular weight excluding hydrogens is 158 g/mol. The Kier molecular flexibility index (Phi) is 3.05. The van der Waals surface area contributed by atoms with Crippen LogP contribution in [0.25, 0.3) is 0 Å². The van der Waals surface area contributed by atoms with Gasteiger partial charge in [-0.05, 0) is 56.4 Å². The molecular formula is C12H21N. The van der Waals surface area contributed by atoms with Gasteiger partial charge in [0.15, 0.2) is 0 Å². The zero-order chi connectivity index (χ0) is 9.10. The Balaban J connectivity index is 1.71. The van der Waals surface area contributed by atoms with E-state index in [2.05, 4.69) is 12.2 Å². The highest BCUT2D eigenvalue weighted by molar-refractivity contribution is 4.94. The molecule has 0 saturated heterocycles. The first-order valence-electron chi connectivity index (χ1n) is 5.75. The second kappa shape index (κ2) is 4.28. The van der Waals surface area contributed by atoms with Gasteiger partial charge < -0.3 is 5.73 Å². The van der Waals surface area contributed by atoms with Crippen LogP contribution in [0, 0.1) is 17.8 Å². The maximum Gasteiger partial charge on any atom is -0.00426 e. The molecule has 0 aromatic rings. The molecule has 2 N–H and O–H groups in total. The molecule has 0 spiro atoms. The molecule has 0 heterocycles. The molecule has 0 radical (unpaired) electrons. The van der Waals surface area contributed by atoms with Crippen molar-refractivity contribution in [1.29, 1.82) is 0 Å². The molecule has 3 atom stereocenters. The fraction of sp³-hybridized carbons (Fsp3) is 0.833. The predicted octanol–water partition coefficient (Wildman–Crippen LogP) is 2.72. The zero-order valence-corrected chi connectivity index (χ0v) is 8.41. The van der Waals surface area contributed by atoms with Crippen molar-refractivity contribution in [3.63, 3.8) is 0 Å². The molecule has 13 heavy (non-hydrogen) atoms. The quantitative estimate of drug-likeness (QED) is 0.660. The Labute approximate surface area is 81.4 Å². The number of nitrogens with two attached hydrogens (primary N) is 1. The molecule has 1 heteroatoms. The van der Waals surface area contributed by atoms with E-state index in [0.717, 1.165) is 30.7 Å². The van der Waals surface area contributed by atoms with Gasteiger partial charge in [-0.2, -0.15) is 0 Å². The number of allylic oxidation sites excluding steroid dienone is 1. The van der Waals surface area contributed by atoms with Gasteiger partial charge in [-0.1, -0.05) is 18.6 Å². The summed E-state index contributed by atoms with van der Waals surface area (Å²) in [6, 6.07) is 0. The van der Waals surface area contributed by atoms with Crippen molar-refractivity contribution in [2.75, 3.05) is 6.54 Å². The lowest BCUT2D eigenvalue weighted by molar-refractivity contribution is 0.336. The Morgan fingerprint density at radius 1 is 1.15 bits per heavy atom. The van der Waals surface area contributed by atoms with E-state index < -0.39 is 0 Å². The molecule has 74 valence electrons. The van der Waals surface area contributed by atoms with Gasteiger partial charge in [-0.3, -0.25) is 0 Å². The third-order valence-corrected chi connectivity index (χ3v) is 3.82. The van der Waals surface area contributed by atoms with Gasteiger partial charge in [0.25, 0.3) is 0 Å². The topological polar surface area (TPSA) is 26.0 Å². The van der Waals surface area contributed by atoms with Crippen LogP contribution < -0.4 is 5.73 Å². The summed E-state index contributed by atoms with van der Waals surface area (Å²) in [7, 11) is 0. The van der Waals surface area contributed by atoms with Gasteiger partial charge in [-0.25, -0.2) is 0 Å². The van der Waals surface area contributed by atoms with Crippen LogP contribution in [0.1, 0.15) is 38.5 Å². The average molecular weight is 179 g/mol. The van der Waals surface area contributed by atoms with E-state index in [9.17, 15) is 0 Å². The summed E-state index contributed by atoms with van der Waals surface area (Å²) >= 11 is 0. The first kappa shape index (κ1) is 9.26. The Morgan fingerprint density at radius 3 is 2.69 bits per heavy atom. The van der Waals surface area contributed by atoms with E-state index in [1.807, 2.05) is 0 Å². The van der Waals surface area contributed by atoms with Crippen molar-refractivity contribution in [3.8, 4) is 0 Å². The number of hydrogen-bond acceptors (Lipinski definition) is 1. The van der Waals surface area contributed by atoms with E-state index in [1.54, 1.807) is 0 Å². The second-order valence-electron chi connectivity index (χ2n) is 4.72. The van der Waals surface area contributed by atoms with E-state index in [1.165, 1.54) is 32.1 Å². The monoisotopic (exact) mass is 179 g/mol. The molecule has 0 amide bonds. The Hall–Kier alpha value is -0.300. The summed E-state index contributed by atoms with van der Waals surface area (Å²) in [6.07, 6.45) is 13.1. The largest absolute Gasteiger partial charge is 0.330 e. The minimum atomic E-state index is 0.799. The van der Waals surface area contributed by atoms with Crippen molar-refractivity contribution < 1.29 is 0 Å². The molecule has 2 fully saturated rings. The standard InChI is InChI=1S/C12H21N/c13-7-3-1-2-4-11-8-10-5-6-12(11)9-10/h1-2,10-12H,3-9,13H2. The minimum absolute atomic E-state index is 0.799. The highest BCUT2D eigenvalue weighted by Gasteiger charge is 2.38. The first-order valence-corrected chi connectivity index (χ1v) is 5.75. The SMILES string of the molecule is NCCC=CCC1CC2CCC1C2. The smallest absolute Gasteiger partial charge is 0.00426 e. The molecule has 0 aliphatic heterocycles. The summed E-state index contributed by atoms with van der Waals surface area (Å²) < 4.78 is 0. The first-order chi connectivity index (χ1) is 6.40. The van der Waals surface area contributed by atoms with Crippen molar-refractivity contribution in [2.24, 2.45) is 23.5 Å². The van der Waals surface area contributed by atoms with Gasteiger partial charge in [0.05, 0.1) is 0 Å². The summed E-state index contributed by atoms with van der Waals surface area (Å²) in [5.41, 5.74) is 5.43. The van der Waals surface area contributed by atoms with Gasteiger partial charge in [0, 0.05) is 0 Å². The summed E-state index contributed by atoms with van der Waals surface area (Å²) in [6.45, 7) is 0.799. The van der Waals surface area contributed by atoms with Crippen LogP contribution >= 0.6 is 0 Å². The molecule has 2 aliphatic rings. The maximum atomic E-state index is 5.43. The number of rotatable bonds is 4. The summed E-state index contributed by atoms with van der Waals surface area (Å²) in [5.74, 6) is 3.19. The normalized spacial score (nSPS) is 37.8. The third kappa shape index (κ3) is 2.14. The number of hydrogen-bond donors (Lipinski definition) is 1. The predicted molar refractivity (Wildman–Crippen MR) is 56.4 cm³/mol. The van der Waals surface area contributed by atoms with Crippen molar-refractivity contribution >= 4 is 0 Å². The molecule has 1 nitrogen and oxygen atoms in total. The van der Waals surface area contributed by atoms with Crippen molar-refractivity contribution in [1.82, 2.24) is 0 Å². The van der Waals surface area contributed by atoms with Crippen LogP contribution in [0.5, 0.6) is 0 Å². The van der Waals surface area contributed by atoms with Crippen molar-refractivity contribution in [2.45, 2.75) is 38.5 Å². The summed E-state index contributed by atoms with van der Waals surface area (Å²) in [4.78, 5) is 0. The summed E-state index contributed by atoms with van der Waals surface area (Å²) in [5, 5.41) is 0. The second-order valence-corrected chi connectivity index (χ2v) is 4.72. The lowest BCUT2D eigenvalue weighted by Crippen LogP contribution is -2.08. The average Bonchev–Trinajstić information content (AvgIpc) is 2.73. The van der Waals surface area contributed by atoms with E-state index >= 15 is 0 Å².